The number of rotatable bonds is 12. The molecule has 1 aliphatic carbocycles. The Labute approximate surface area is 710 Å². The summed E-state index contributed by atoms with van der Waals surface area (Å²) in [4.78, 5) is 44.7. The van der Waals surface area contributed by atoms with E-state index >= 15 is 0 Å². The Morgan fingerprint density at radius 2 is 0.882 bits per heavy atom. The first-order valence-corrected chi connectivity index (χ1v) is 42.2. The van der Waals surface area contributed by atoms with Gasteiger partial charge >= 0.3 is 0 Å². The zero-order valence-electron chi connectivity index (χ0n) is 69.2. The summed E-state index contributed by atoms with van der Waals surface area (Å²) in [6.45, 7) is 19.7. The van der Waals surface area contributed by atoms with Crippen molar-refractivity contribution in [3.05, 3.63) is 450 Å². The van der Waals surface area contributed by atoms with E-state index in [9.17, 15) is 0 Å². The van der Waals surface area contributed by atoms with Gasteiger partial charge in [0.15, 0.2) is 0 Å². The van der Waals surface area contributed by atoms with Gasteiger partial charge in [-0.05, 0) is 218 Å². The number of pyridine rings is 7. The fraction of sp³-hybridized carbons (Fsp3) is 0.140. The SMILES string of the molecule is CC(=NC(C)C)c1ccccc1.CC(=NC(C)C)c1ccsc1.CCCCN=C(C)c1ccccc1.Cc1ccccn1.c1ccc(-c2ccc3ccccc3c2)nc1.c1ccc(C2(c3ccccn3)c3ccccc3-c3ccccc32)cc1.c1ccncc1.c1cnc2c(c1)ccc1cccnc12.c1csc(-c2nccc3ccccc23)c1. The molecule has 0 aliphatic heterocycles. The maximum absolute atomic E-state index is 4.81. The van der Waals surface area contributed by atoms with E-state index in [0.717, 1.165) is 68.3 Å². The fourth-order valence-corrected chi connectivity index (χ4v) is 15.0. The van der Waals surface area contributed by atoms with E-state index in [-0.39, 0.29) is 5.41 Å². The Hall–Kier alpha value is -13.5. The molecule has 119 heavy (non-hydrogen) atoms. The maximum Gasteiger partial charge on any atom is 0.0964 e. The number of hydrogen-bond donors (Lipinski definition) is 0. The summed E-state index contributed by atoms with van der Waals surface area (Å²) in [6.07, 6.45) is 16.9. The van der Waals surface area contributed by atoms with Crippen LogP contribution in [0.1, 0.15) is 113 Å². The molecule has 0 unspecified atom stereocenters. The summed E-state index contributed by atoms with van der Waals surface area (Å²) in [7, 11) is 0. The fourth-order valence-electron chi connectivity index (χ4n) is 13.5. The molecule has 0 saturated carbocycles. The second kappa shape index (κ2) is 46.3. The number of aliphatic imine (C=N–C) groups is 3. The first kappa shape index (κ1) is 86.3. The minimum Gasteiger partial charge on any atom is -0.289 e. The van der Waals surface area contributed by atoms with E-state index in [0.29, 0.717) is 12.1 Å². The molecular weight excluding hydrogens is 1490 g/mol. The van der Waals surface area contributed by atoms with Crippen molar-refractivity contribution < 1.29 is 0 Å². The summed E-state index contributed by atoms with van der Waals surface area (Å²) < 4.78 is 0. The molecule has 9 heterocycles. The normalized spacial score (nSPS) is 11.5. The highest BCUT2D eigenvalue weighted by molar-refractivity contribution is 7.13. The van der Waals surface area contributed by atoms with Crippen LogP contribution in [0.3, 0.4) is 0 Å². The van der Waals surface area contributed by atoms with Gasteiger partial charge in [-0.15, -0.1) is 11.3 Å². The molecule has 1 aliphatic rings. The van der Waals surface area contributed by atoms with Gasteiger partial charge in [0.05, 0.1) is 38.4 Å². The number of fused-ring (bicyclic) bond motifs is 8. The van der Waals surface area contributed by atoms with Crippen LogP contribution < -0.4 is 0 Å². The van der Waals surface area contributed by atoms with Crippen LogP contribution >= 0.6 is 22.7 Å². The van der Waals surface area contributed by atoms with E-state index < -0.39 is 0 Å². The summed E-state index contributed by atoms with van der Waals surface area (Å²) in [5.41, 5.74) is 20.6. The van der Waals surface area contributed by atoms with Gasteiger partial charge < -0.3 is 0 Å². The number of aromatic nitrogens is 7. The van der Waals surface area contributed by atoms with E-state index in [2.05, 4.69) is 341 Å². The van der Waals surface area contributed by atoms with Gasteiger partial charge in [-0.3, -0.25) is 49.9 Å². The predicted molar refractivity (Wildman–Crippen MR) is 508 cm³/mol. The minimum absolute atomic E-state index is 0.365. The summed E-state index contributed by atoms with van der Waals surface area (Å²) in [5, 5.41) is 13.6. The first-order valence-electron chi connectivity index (χ1n) is 40.4. The van der Waals surface area contributed by atoms with Crippen molar-refractivity contribution >= 4 is 83.2 Å². The Kier molecular flexibility index (Phi) is 33.6. The minimum atomic E-state index is -0.365. The van der Waals surface area contributed by atoms with Crippen molar-refractivity contribution in [3.8, 4) is 33.0 Å². The third-order valence-electron chi connectivity index (χ3n) is 19.2. The third-order valence-corrected chi connectivity index (χ3v) is 20.7. The quantitative estimate of drug-likeness (QED) is 0.0677. The molecule has 9 aromatic carbocycles. The molecule has 0 bridgehead atoms. The number of nitrogens with zero attached hydrogens (tertiary/aromatic N) is 10. The van der Waals surface area contributed by atoms with E-state index in [1.165, 1.54) is 89.3 Å². The molecule has 0 N–H and O–H groups in total. The van der Waals surface area contributed by atoms with Crippen molar-refractivity contribution in [3.63, 3.8) is 0 Å². The predicted octanol–water partition coefficient (Wildman–Crippen LogP) is 27.7. The number of unbranched alkanes of at least 4 members (excludes halogenated alkanes) is 1. The Bertz CT molecular complexity index is 5900. The molecule has 19 rings (SSSR count). The maximum atomic E-state index is 4.81. The van der Waals surface area contributed by atoms with E-state index in [1.54, 1.807) is 53.7 Å². The van der Waals surface area contributed by atoms with Crippen molar-refractivity contribution in [2.45, 2.75) is 92.7 Å². The second-order valence-corrected chi connectivity index (χ2v) is 30.2. The summed E-state index contributed by atoms with van der Waals surface area (Å²) in [5.74, 6) is 0. The topological polar surface area (TPSA) is 127 Å². The smallest absolute Gasteiger partial charge is 0.0964 e. The van der Waals surface area contributed by atoms with Crippen molar-refractivity contribution in [2.75, 3.05) is 6.54 Å². The van der Waals surface area contributed by atoms with Crippen molar-refractivity contribution in [2.24, 2.45) is 15.0 Å². The Morgan fingerprint density at radius 3 is 1.40 bits per heavy atom. The largest absolute Gasteiger partial charge is 0.289 e. The second-order valence-electron chi connectivity index (χ2n) is 28.4. The van der Waals surface area contributed by atoms with Crippen LogP contribution in [0.2, 0.25) is 0 Å². The van der Waals surface area contributed by atoms with Gasteiger partial charge in [0.1, 0.15) is 0 Å². The molecule has 0 atom stereocenters. The number of aryl methyl sites for hydroxylation is 1. The van der Waals surface area contributed by atoms with Gasteiger partial charge in [-0.2, -0.15) is 11.3 Å². The van der Waals surface area contributed by atoms with Crippen LogP contribution in [0.4, 0.5) is 0 Å². The monoisotopic (exact) mass is 1590 g/mol. The number of benzene rings is 9. The van der Waals surface area contributed by atoms with E-state index in [4.69, 9.17) is 4.98 Å². The lowest BCUT2D eigenvalue weighted by atomic mass is 9.70. The van der Waals surface area contributed by atoms with E-state index in [1.807, 2.05) is 141 Å². The van der Waals surface area contributed by atoms with Gasteiger partial charge in [0.2, 0.25) is 0 Å². The lowest BCUT2D eigenvalue weighted by Gasteiger charge is -2.32. The number of thiophene rings is 2. The van der Waals surface area contributed by atoms with Gasteiger partial charge in [-0.25, -0.2) is 0 Å². The van der Waals surface area contributed by atoms with Crippen LogP contribution in [-0.4, -0.2) is 70.7 Å². The van der Waals surface area contributed by atoms with Gasteiger partial charge in [-0.1, -0.05) is 268 Å². The van der Waals surface area contributed by atoms with Crippen LogP contribution in [0.25, 0.3) is 76.3 Å². The molecule has 18 aromatic rings. The molecule has 12 heteroatoms. The molecule has 0 spiro atoms. The summed E-state index contributed by atoms with van der Waals surface area (Å²) >= 11 is 3.44. The molecule has 10 nitrogen and oxygen atoms in total. The standard InChI is InChI=1S/C24H17N.C15H11N.C13H9NS.C12H8N2.C12H17N.C11H15N.C9H13NS.C6H7N.C5H5N/c1-2-10-18(11-3-1)24(23-16-8-9-17-25-23)21-14-6-4-12-19(21)20-13-5-7-15-22(20)24;1-2-6-13-11-14(9-8-12(13)5-1)15-7-3-4-10-16-15;1-2-5-11-10(4-1)7-8-14-13(11)12-6-3-9-15-12;1-3-9-5-6-10-4-2-8-14-12(10)11(9)13-7-1;1-3-4-10-13-11(2)12-8-6-5-7-9-12;1-9(2)12-10(3)11-7-5-4-6-8-11;1-7(2)10-8(3)9-4-5-11-6-9;1-6-4-2-3-5-7-6;1-2-4-6-5-3-1/h1-17H;1-11H;1-9H;1-8H;5-9H,3-4,10H2,1-2H3;4-9H,1-3H3;4-7H,1-3H3;2-5H,1H3;1-5H. The third kappa shape index (κ3) is 25.0. The molecular formula is C107H102N10S2. The lowest BCUT2D eigenvalue weighted by molar-refractivity contribution is 0.735. The van der Waals surface area contributed by atoms with Crippen LogP contribution in [0, 0.1) is 6.92 Å². The number of hydrogen-bond acceptors (Lipinski definition) is 12. The average Bonchev–Trinajstić information content (AvgIpc) is 1.54. The van der Waals surface area contributed by atoms with Crippen molar-refractivity contribution in [1.29, 1.82) is 0 Å². The Balaban J connectivity index is 0.000000135. The highest BCUT2D eigenvalue weighted by Crippen LogP contribution is 2.55. The zero-order chi connectivity index (χ0) is 83.1. The molecule has 0 fully saturated rings. The van der Waals surface area contributed by atoms with Gasteiger partial charge in [0, 0.05) is 118 Å². The summed E-state index contributed by atoms with van der Waals surface area (Å²) in [6, 6.07) is 117. The zero-order valence-corrected chi connectivity index (χ0v) is 70.9. The highest BCUT2D eigenvalue weighted by Gasteiger charge is 2.46. The lowest BCUT2D eigenvalue weighted by Crippen LogP contribution is -2.29. The highest BCUT2D eigenvalue weighted by atomic mass is 32.1. The first-order chi connectivity index (χ1) is 58.4. The molecule has 0 saturated heterocycles. The molecule has 9 aromatic heterocycles. The van der Waals surface area contributed by atoms with Crippen LogP contribution in [-0.2, 0) is 5.41 Å². The van der Waals surface area contributed by atoms with Crippen LogP contribution in [0.15, 0.2) is 420 Å². The molecule has 0 radical (unpaired) electrons. The van der Waals surface area contributed by atoms with Gasteiger partial charge in [0.25, 0.3) is 0 Å². The molecule has 0 amide bonds. The average molecular weight is 1590 g/mol. The van der Waals surface area contributed by atoms with Crippen LogP contribution in [0.5, 0.6) is 0 Å². The molecule has 592 valence electrons. The van der Waals surface area contributed by atoms with Crippen molar-refractivity contribution in [1.82, 2.24) is 34.9 Å². The Morgan fingerprint density at radius 1 is 0.378 bits per heavy atom.